The predicted octanol–water partition coefficient (Wildman–Crippen LogP) is 1.25. The van der Waals surface area contributed by atoms with Gasteiger partial charge in [-0.2, -0.15) is 0 Å². The number of rotatable bonds is 6. The van der Waals surface area contributed by atoms with Gasteiger partial charge in [-0.05, 0) is 32.3 Å². The first-order chi connectivity index (χ1) is 14.6. The van der Waals surface area contributed by atoms with Crippen LogP contribution in [0.15, 0.2) is 17.1 Å². The summed E-state index contributed by atoms with van der Waals surface area (Å²) in [5, 5.41) is 12.2. The number of nitrogens with zero attached hydrogens (tertiary/aromatic N) is 3. The highest BCUT2D eigenvalue weighted by atomic mass is 19.1. The molecule has 31 heavy (non-hydrogen) atoms. The smallest absolute Gasteiger partial charge is 0.341 e. The molecule has 2 fully saturated rings. The van der Waals surface area contributed by atoms with Gasteiger partial charge in [-0.25, -0.2) is 14.2 Å². The Bertz CT molecular complexity index is 1130. The number of anilines is 1. The number of pyridine rings is 2. The minimum atomic E-state index is -1.34. The summed E-state index contributed by atoms with van der Waals surface area (Å²) in [6, 6.07) is 0.554. The third-order valence-corrected chi connectivity index (χ3v) is 6.07. The monoisotopic (exact) mass is 431 g/mol. The van der Waals surface area contributed by atoms with Gasteiger partial charge in [0.25, 0.3) is 0 Å². The highest BCUT2D eigenvalue weighted by Gasteiger charge is 2.36. The van der Waals surface area contributed by atoms with Crippen LogP contribution in [-0.4, -0.2) is 52.2 Å². The molecule has 0 radical (unpaired) electrons. The van der Waals surface area contributed by atoms with Crippen LogP contribution in [0.25, 0.3) is 11.0 Å². The summed E-state index contributed by atoms with van der Waals surface area (Å²) in [5.41, 5.74) is 4.49. The van der Waals surface area contributed by atoms with Crippen LogP contribution in [0, 0.1) is 11.2 Å². The molecule has 2 aliphatic rings. The normalized spacial score (nSPS) is 22.0. The largest absolute Gasteiger partial charge is 0.477 e. The number of amides is 1. The molecule has 2 unspecified atom stereocenters. The molecule has 2 aromatic heterocycles. The van der Waals surface area contributed by atoms with Crippen LogP contribution in [-0.2, 0) is 4.79 Å². The number of nitrogens with two attached hydrogens (primary N) is 1. The van der Waals surface area contributed by atoms with Crippen molar-refractivity contribution in [2.75, 3.05) is 24.5 Å². The SMILES string of the molecule is CC(N)C(=O)NCC1(C)CCN(c2nc3c(cc2F)c(=O)c(C(=O)O)cn3C2CC2)C1. The van der Waals surface area contributed by atoms with Crippen LogP contribution >= 0.6 is 0 Å². The molecule has 1 aliphatic carbocycles. The van der Waals surface area contributed by atoms with Crippen LogP contribution in [0.4, 0.5) is 10.2 Å². The Kier molecular flexibility index (Phi) is 5.20. The van der Waals surface area contributed by atoms with Crippen LogP contribution in [0.5, 0.6) is 0 Å². The highest BCUT2D eigenvalue weighted by molar-refractivity contribution is 5.92. The lowest BCUT2D eigenvalue weighted by atomic mass is 9.90. The summed E-state index contributed by atoms with van der Waals surface area (Å²) in [6.45, 7) is 5.05. The second kappa shape index (κ2) is 7.60. The first-order valence-corrected chi connectivity index (χ1v) is 10.4. The van der Waals surface area contributed by atoms with Crippen molar-refractivity contribution in [1.82, 2.24) is 14.9 Å². The number of hydrogen-bond acceptors (Lipinski definition) is 6. The topological polar surface area (TPSA) is 131 Å². The van der Waals surface area contributed by atoms with Crippen molar-refractivity contribution in [3.8, 4) is 0 Å². The number of nitrogens with one attached hydrogen (secondary N) is 1. The molecule has 1 aliphatic heterocycles. The van der Waals surface area contributed by atoms with Gasteiger partial charge >= 0.3 is 5.97 Å². The minimum absolute atomic E-state index is 0.0285. The van der Waals surface area contributed by atoms with Gasteiger partial charge in [-0.15, -0.1) is 0 Å². The van der Waals surface area contributed by atoms with E-state index in [9.17, 15) is 19.5 Å². The Morgan fingerprint density at radius 3 is 2.77 bits per heavy atom. The van der Waals surface area contributed by atoms with Gasteiger partial charge in [-0.1, -0.05) is 6.92 Å². The number of aromatic carboxylic acids is 1. The van der Waals surface area contributed by atoms with Crippen LogP contribution in [0.3, 0.4) is 0 Å². The number of hydrogen-bond donors (Lipinski definition) is 3. The highest BCUT2D eigenvalue weighted by Crippen LogP contribution is 2.38. The predicted molar refractivity (Wildman–Crippen MR) is 113 cm³/mol. The maximum absolute atomic E-state index is 15.0. The second-order valence-corrected chi connectivity index (χ2v) is 8.97. The fraction of sp³-hybridized carbons (Fsp3) is 0.524. The first-order valence-electron chi connectivity index (χ1n) is 10.4. The van der Waals surface area contributed by atoms with E-state index in [1.165, 1.54) is 6.20 Å². The number of halogens is 1. The number of carbonyl (C=O) groups is 2. The molecule has 0 bridgehead atoms. The molecule has 2 aromatic rings. The Labute approximate surface area is 178 Å². The molecular weight excluding hydrogens is 405 g/mol. The standard InChI is InChI=1S/C21H26FN5O4/c1-11(23)19(29)24-9-21(2)5-6-26(10-21)18-15(22)7-13-16(28)14(20(30)31)8-27(12-3-4-12)17(13)25-18/h7-8,11-12H,3-6,9-10,23H2,1-2H3,(H,24,29)(H,30,31). The van der Waals surface area contributed by atoms with E-state index in [-0.39, 0.29) is 34.1 Å². The number of carbonyl (C=O) groups excluding carboxylic acids is 1. The van der Waals surface area contributed by atoms with Crippen molar-refractivity contribution >= 4 is 28.7 Å². The number of carboxylic acids is 1. The van der Waals surface area contributed by atoms with Crippen LogP contribution in [0.2, 0.25) is 0 Å². The van der Waals surface area contributed by atoms with E-state index in [0.717, 1.165) is 25.3 Å². The molecule has 0 spiro atoms. The van der Waals surface area contributed by atoms with Crippen molar-refractivity contribution in [2.24, 2.45) is 11.1 Å². The summed E-state index contributed by atoms with van der Waals surface area (Å²) < 4.78 is 16.7. The number of carboxylic acid groups (broad SMARTS) is 1. The molecule has 4 rings (SSSR count). The van der Waals surface area contributed by atoms with Gasteiger partial charge in [0.15, 0.2) is 11.6 Å². The van der Waals surface area contributed by atoms with Crippen molar-refractivity contribution < 1.29 is 19.1 Å². The maximum atomic E-state index is 15.0. The lowest BCUT2D eigenvalue weighted by molar-refractivity contribution is -0.122. The quantitative estimate of drug-likeness (QED) is 0.627. The van der Waals surface area contributed by atoms with Gasteiger partial charge in [0.1, 0.15) is 11.2 Å². The average molecular weight is 431 g/mol. The summed E-state index contributed by atoms with van der Waals surface area (Å²) in [7, 11) is 0. The lowest BCUT2D eigenvalue weighted by Gasteiger charge is -2.26. The zero-order valence-electron chi connectivity index (χ0n) is 17.5. The molecule has 1 saturated heterocycles. The molecule has 1 saturated carbocycles. The van der Waals surface area contributed by atoms with Crippen LogP contribution < -0.4 is 21.4 Å². The van der Waals surface area contributed by atoms with Gasteiger partial charge in [0.05, 0.1) is 11.4 Å². The molecule has 3 heterocycles. The molecule has 1 amide bonds. The van der Waals surface area contributed by atoms with E-state index < -0.39 is 23.3 Å². The minimum Gasteiger partial charge on any atom is -0.477 e. The third-order valence-electron chi connectivity index (χ3n) is 6.07. The average Bonchev–Trinajstić information content (AvgIpc) is 3.48. The number of fused-ring (bicyclic) bond motifs is 1. The zero-order chi connectivity index (χ0) is 22.5. The Morgan fingerprint density at radius 2 is 2.16 bits per heavy atom. The number of aromatic nitrogens is 2. The summed E-state index contributed by atoms with van der Waals surface area (Å²) >= 11 is 0. The van der Waals surface area contributed by atoms with E-state index >= 15 is 4.39 Å². The molecule has 0 aromatic carbocycles. The molecule has 10 heteroatoms. The van der Waals surface area contributed by atoms with Crippen molar-refractivity contribution in [1.29, 1.82) is 0 Å². The molecular formula is C21H26FN5O4. The maximum Gasteiger partial charge on any atom is 0.341 e. The second-order valence-electron chi connectivity index (χ2n) is 8.97. The summed E-state index contributed by atoms with van der Waals surface area (Å²) in [5.74, 6) is -2.11. The van der Waals surface area contributed by atoms with Crippen molar-refractivity contribution in [3.63, 3.8) is 0 Å². The third kappa shape index (κ3) is 3.99. The van der Waals surface area contributed by atoms with Crippen LogP contribution in [0.1, 0.15) is 49.5 Å². The fourth-order valence-electron chi connectivity index (χ4n) is 4.05. The first kappa shape index (κ1) is 21.2. The van der Waals surface area contributed by atoms with E-state index in [2.05, 4.69) is 10.3 Å². The van der Waals surface area contributed by atoms with Gasteiger partial charge in [0, 0.05) is 37.3 Å². The Balaban J connectivity index is 1.68. The lowest BCUT2D eigenvalue weighted by Crippen LogP contribution is -2.44. The van der Waals surface area contributed by atoms with E-state index in [4.69, 9.17) is 5.73 Å². The Morgan fingerprint density at radius 1 is 1.45 bits per heavy atom. The van der Waals surface area contributed by atoms with Crippen molar-refractivity contribution in [2.45, 2.75) is 45.2 Å². The van der Waals surface area contributed by atoms with Gasteiger partial charge in [-0.3, -0.25) is 9.59 Å². The summed E-state index contributed by atoms with van der Waals surface area (Å²) in [6.07, 6.45) is 3.74. The molecule has 2 atom stereocenters. The van der Waals surface area contributed by atoms with E-state index in [0.29, 0.717) is 25.3 Å². The zero-order valence-corrected chi connectivity index (χ0v) is 17.5. The summed E-state index contributed by atoms with van der Waals surface area (Å²) in [4.78, 5) is 42.2. The molecule has 4 N–H and O–H groups in total. The Hall–Kier alpha value is -3.01. The van der Waals surface area contributed by atoms with E-state index in [1.807, 2.05) is 6.92 Å². The van der Waals surface area contributed by atoms with Crippen molar-refractivity contribution in [3.05, 3.63) is 33.9 Å². The fourth-order valence-corrected chi connectivity index (χ4v) is 4.05. The molecule has 166 valence electrons. The van der Waals surface area contributed by atoms with Gasteiger partial charge in [0.2, 0.25) is 11.3 Å². The van der Waals surface area contributed by atoms with E-state index in [1.54, 1.807) is 16.4 Å². The van der Waals surface area contributed by atoms with Gasteiger partial charge < -0.3 is 25.6 Å². The molecule has 9 nitrogen and oxygen atoms in total.